The molecule has 0 amide bonds. The quantitative estimate of drug-likeness (QED) is 0.152. The molecule has 3 rings (SSSR count). The summed E-state index contributed by atoms with van der Waals surface area (Å²) in [6.45, 7) is 5.21. The molecule has 1 heterocycles. The predicted molar refractivity (Wildman–Crippen MR) is 164 cm³/mol. The van der Waals surface area contributed by atoms with Crippen molar-refractivity contribution in [1.82, 2.24) is 9.78 Å². The number of nitriles is 1. The number of nitrogen functional groups attached to an aromatic ring is 2. The largest absolute Gasteiger partial charge is 0.435 e. The number of benzene rings is 2. The molecule has 0 spiro atoms. The van der Waals surface area contributed by atoms with Crippen LogP contribution in [-0.2, 0) is 43.0 Å². The Labute approximate surface area is 271 Å². The van der Waals surface area contributed by atoms with Crippen molar-refractivity contribution in [3.8, 4) is 11.8 Å². The third kappa shape index (κ3) is 20.9. The molecular formula is C29H40ClF5N6O5. The number of halogens is 6. The number of ketones is 1. The lowest BCUT2D eigenvalue weighted by Crippen LogP contribution is -2.08. The number of rotatable bonds is 5. The zero-order chi connectivity index (χ0) is 32.9. The Balaban J connectivity index is -0.000000127. The second-order valence-corrected chi connectivity index (χ2v) is 7.52. The van der Waals surface area contributed by atoms with Gasteiger partial charge in [-0.25, -0.2) is 13.5 Å². The maximum atomic E-state index is 13.8. The molecule has 0 unspecified atom stereocenters. The van der Waals surface area contributed by atoms with Gasteiger partial charge in [-0.1, -0.05) is 48.3 Å². The van der Waals surface area contributed by atoms with Gasteiger partial charge in [0.1, 0.15) is 28.9 Å². The van der Waals surface area contributed by atoms with Gasteiger partial charge in [0.2, 0.25) is 0 Å². The summed E-state index contributed by atoms with van der Waals surface area (Å²) in [6, 6.07) is 11.6. The molecule has 0 fully saturated rings. The van der Waals surface area contributed by atoms with Gasteiger partial charge in [-0.15, -0.1) is 12.4 Å². The molecule has 3 aromatic rings. The Morgan fingerprint density at radius 2 is 1.35 bits per heavy atom. The molecule has 258 valence electrons. The van der Waals surface area contributed by atoms with E-state index in [-0.39, 0.29) is 76.5 Å². The number of nitrogens with one attached hydrogen (secondary N) is 1. The summed E-state index contributed by atoms with van der Waals surface area (Å²) in [4.78, 5) is 42.3. The van der Waals surface area contributed by atoms with Crippen molar-refractivity contribution >= 4 is 42.0 Å². The van der Waals surface area contributed by atoms with Gasteiger partial charge < -0.3 is 11.2 Å². The van der Waals surface area contributed by atoms with Crippen LogP contribution in [0.2, 0.25) is 0 Å². The number of nitrogens with two attached hydrogens (primary N) is 2. The second-order valence-electron chi connectivity index (χ2n) is 7.52. The fraction of sp³-hybridized carbons (Fsp3) is 0.345. The highest BCUT2D eigenvalue weighted by molar-refractivity contribution is 5.85. The van der Waals surface area contributed by atoms with E-state index < -0.39 is 17.7 Å². The molecule has 0 saturated carbocycles. The molecule has 5 N–H and O–H groups in total. The zero-order valence-corrected chi connectivity index (χ0v) is 23.8. The molecule has 0 aliphatic carbocycles. The average Bonchev–Trinajstić information content (AvgIpc) is 3.32. The highest BCUT2D eigenvalue weighted by Crippen LogP contribution is 2.30. The molecule has 17 heteroatoms. The third-order valence-corrected chi connectivity index (χ3v) is 4.60. The van der Waals surface area contributed by atoms with Crippen molar-refractivity contribution in [2.75, 3.05) is 11.2 Å². The number of aryl methyl sites for hydroxylation is 2. The fourth-order valence-electron chi connectivity index (χ4n) is 2.68. The monoisotopic (exact) mass is 682 g/mol. The summed E-state index contributed by atoms with van der Waals surface area (Å²) in [6.07, 6.45) is -2.61. The smallest absolute Gasteiger partial charge is 0.384 e. The summed E-state index contributed by atoms with van der Waals surface area (Å²) in [7, 11) is 0. The Bertz CT molecular complexity index is 1390. The SMILES string of the molecule is C.C.C.CC(=O)CC#N.CCc1ccc(-n2nc(C(F)(F)F)cc2N)c(F)c1.CCc1ccc(NN)c(F)c1.Cl.O=C=O.O=C=O. The fourth-order valence-corrected chi connectivity index (χ4v) is 2.68. The van der Waals surface area contributed by atoms with Crippen LogP contribution >= 0.6 is 12.4 Å². The van der Waals surface area contributed by atoms with Crippen LogP contribution in [0.4, 0.5) is 33.5 Å². The molecule has 0 aliphatic rings. The van der Waals surface area contributed by atoms with Gasteiger partial charge in [0, 0.05) is 6.07 Å². The molecule has 11 nitrogen and oxygen atoms in total. The van der Waals surface area contributed by atoms with Crippen LogP contribution in [0, 0.1) is 23.0 Å². The van der Waals surface area contributed by atoms with Crippen molar-refractivity contribution in [3.05, 3.63) is 70.9 Å². The van der Waals surface area contributed by atoms with Gasteiger partial charge in [0.15, 0.2) is 5.69 Å². The Kier molecular flexibility index (Phi) is 33.6. The zero-order valence-electron chi connectivity index (χ0n) is 23.0. The number of aromatic nitrogens is 2. The van der Waals surface area contributed by atoms with Crippen molar-refractivity contribution in [2.45, 2.75) is 68.5 Å². The van der Waals surface area contributed by atoms with Crippen LogP contribution in [0.3, 0.4) is 0 Å². The van der Waals surface area contributed by atoms with Crippen LogP contribution in [0.1, 0.15) is 66.3 Å². The second kappa shape index (κ2) is 28.8. The maximum Gasteiger partial charge on any atom is 0.435 e. The van der Waals surface area contributed by atoms with E-state index in [4.69, 9.17) is 36.0 Å². The third-order valence-electron chi connectivity index (χ3n) is 4.60. The van der Waals surface area contributed by atoms with Crippen LogP contribution in [0.15, 0.2) is 42.5 Å². The first kappa shape index (κ1) is 53.6. The Hall–Kier alpha value is -4.93. The van der Waals surface area contributed by atoms with Gasteiger partial charge >= 0.3 is 18.5 Å². The lowest BCUT2D eigenvalue weighted by molar-refractivity contribution is -0.193. The van der Waals surface area contributed by atoms with Crippen molar-refractivity contribution in [2.24, 2.45) is 5.84 Å². The number of carbonyl (C=O) groups excluding carboxylic acids is 5. The number of hydrazine groups is 1. The number of alkyl halides is 3. The molecular weight excluding hydrogens is 643 g/mol. The lowest BCUT2D eigenvalue weighted by atomic mass is 10.1. The number of hydrogen-bond acceptors (Lipinski definition) is 10. The Morgan fingerprint density at radius 3 is 1.63 bits per heavy atom. The predicted octanol–water partition coefficient (Wildman–Crippen LogP) is 6.50. The van der Waals surface area contributed by atoms with Gasteiger partial charge in [0.25, 0.3) is 0 Å². The molecule has 2 aromatic carbocycles. The first-order valence-corrected chi connectivity index (χ1v) is 11.5. The van der Waals surface area contributed by atoms with E-state index in [0.29, 0.717) is 18.2 Å². The van der Waals surface area contributed by atoms with Crippen LogP contribution in [0.5, 0.6) is 0 Å². The number of Topliss-reactive ketones (excluding diaryl/α,β-unsaturated/α-hetero) is 1. The number of nitrogens with zero attached hydrogens (tertiary/aromatic N) is 3. The van der Waals surface area contributed by atoms with Crippen molar-refractivity contribution < 1.29 is 45.9 Å². The minimum absolute atomic E-state index is 0. The molecule has 0 atom stereocenters. The number of carbonyl (C=O) groups is 1. The first-order chi connectivity index (χ1) is 19.7. The molecule has 0 radical (unpaired) electrons. The minimum Gasteiger partial charge on any atom is -0.384 e. The first-order valence-electron chi connectivity index (χ1n) is 11.5. The highest BCUT2D eigenvalue weighted by atomic mass is 35.5. The van der Waals surface area contributed by atoms with Gasteiger partial charge in [-0.05, 0) is 55.2 Å². The summed E-state index contributed by atoms with van der Waals surface area (Å²) < 4.78 is 64.9. The number of hydrogen-bond donors (Lipinski definition) is 3. The Morgan fingerprint density at radius 1 is 0.913 bits per heavy atom. The maximum absolute atomic E-state index is 13.8. The average molecular weight is 683 g/mol. The molecule has 0 aliphatic heterocycles. The van der Waals surface area contributed by atoms with E-state index in [1.54, 1.807) is 18.2 Å². The normalized spacial score (nSPS) is 8.43. The van der Waals surface area contributed by atoms with E-state index in [1.807, 2.05) is 19.9 Å². The van der Waals surface area contributed by atoms with Gasteiger partial charge in [0.05, 0.1) is 18.2 Å². The standard InChI is InChI=1S/C12H11F4N3.C8H11FN2.C4H5NO.2CO2.3CH4.ClH/c1-2-7-3-4-9(8(13)5-7)19-11(17)6-10(18-19)12(14,15)16;1-2-6-3-4-8(11-10)7(9)5-6;1-4(6)2-3-5;2*2-1-3;;;;/h3-6H,2,17H2,1H3;3-5,11H,2,10H2,1H3;2H2,1H3;;;3*1H4;1H. The molecule has 1 aromatic heterocycles. The lowest BCUT2D eigenvalue weighted by Gasteiger charge is -2.07. The topological polar surface area (TPSA) is 191 Å². The molecule has 46 heavy (non-hydrogen) atoms. The minimum atomic E-state index is -4.61. The molecule has 0 bridgehead atoms. The summed E-state index contributed by atoms with van der Waals surface area (Å²) in [5, 5.41) is 11.1. The van der Waals surface area contributed by atoms with Gasteiger partial charge in [-0.2, -0.15) is 42.7 Å². The molecule has 0 saturated heterocycles. The van der Waals surface area contributed by atoms with Crippen LogP contribution in [-0.4, -0.2) is 27.9 Å². The van der Waals surface area contributed by atoms with Crippen LogP contribution < -0.4 is 17.0 Å². The van der Waals surface area contributed by atoms with Crippen molar-refractivity contribution in [3.63, 3.8) is 0 Å². The highest BCUT2D eigenvalue weighted by Gasteiger charge is 2.35. The van der Waals surface area contributed by atoms with Gasteiger partial charge in [-0.3, -0.25) is 10.6 Å². The van der Waals surface area contributed by atoms with E-state index in [9.17, 15) is 26.7 Å². The van der Waals surface area contributed by atoms with E-state index in [0.717, 1.165) is 22.2 Å². The van der Waals surface area contributed by atoms with E-state index in [1.165, 1.54) is 25.1 Å². The van der Waals surface area contributed by atoms with E-state index >= 15 is 0 Å². The number of anilines is 2. The summed E-state index contributed by atoms with van der Waals surface area (Å²) in [5.74, 6) is 3.75. The van der Waals surface area contributed by atoms with E-state index in [2.05, 4.69) is 10.5 Å². The van der Waals surface area contributed by atoms with Crippen LogP contribution in [0.25, 0.3) is 5.69 Å². The summed E-state index contributed by atoms with van der Waals surface area (Å²) >= 11 is 0. The van der Waals surface area contributed by atoms with Crippen molar-refractivity contribution in [1.29, 1.82) is 5.26 Å². The summed E-state index contributed by atoms with van der Waals surface area (Å²) in [5.41, 5.74) is 8.51.